The lowest BCUT2D eigenvalue weighted by atomic mass is 10.2. The molecule has 174 valence electrons. The number of nitro groups is 1. The molecular weight excluding hydrogens is 446 g/mol. The molecule has 0 spiro atoms. The van der Waals surface area contributed by atoms with Gasteiger partial charge in [0, 0.05) is 41.7 Å². The Morgan fingerprint density at radius 2 is 1.79 bits per heavy atom. The lowest BCUT2D eigenvalue weighted by Gasteiger charge is -2.10. The van der Waals surface area contributed by atoms with Gasteiger partial charge < -0.3 is 5.32 Å². The number of nitro benzene ring substituents is 1. The topological polar surface area (TPSA) is 136 Å². The van der Waals surface area contributed by atoms with Gasteiger partial charge in [0.1, 0.15) is 0 Å². The Morgan fingerprint density at radius 1 is 1.09 bits per heavy atom. The Hall–Kier alpha value is -3.73. The first-order valence-corrected chi connectivity index (χ1v) is 11.7. The Bertz CT molecular complexity index is 1280. The molecule has 0 aliphatic rings. The number of sulfonamides is 1. The number of benzene rings is 2. The highest BCUT2D eigenvalue weighted by molar-refractivity contribution is 7.92. The van der Waals surface area contributed by atoms with Crippen LogP contribution in [0.1, 0.15) is 33.7 Å². The zero-order chi connectivity index (χ0) is 24.2. The van der Waals surface area contributed by atoms with Gasteiger partial charge in [-0.2, -0.15) is 5.10 Å². The van der Waals surface area contributed by atoms with Crippen LogP contribution in [-0.4, -0.2) is 35.6 Å². The molecular formula is C22H25N5O5S. The van der Waals surface area contributed by atoms with Crippen LogP contribution in [0.3, 0.4) is 0 Å². The molecule has 2 aromatic carbocycles. The van der Waals surface area contributed by atoms with E-state index in [9.17, 15) is 23.3 Å². The molecule has 0 radical (unpaired) electrons. The highest BCUT2D eigenvalue weighted by Gasteiger charge is 2.20. The molecule has 2 N–H and O–H groups in total. The Labute approximate surface area is 191 Å². The number of aryl methyl sites for hydroxylation is 4. The molecule has 0 aliphatic carbocycles. The summed E-state index contributed by atoms with van der Waals surface area (Å²) >= 11 is 0. The SMILES string of the molecule is Cc1cc(C)n(CCCNC(=O)c2ccc(NS(=O)(=O)c3ccc(C)c([N+](=O)[O-])c3)cc2)n1. The van der Waals surface area contributed by atoms with Gasteiger partial charge in [-0.3, -0.25) is 24.3 Å². The zero-order valence-electron chi connectivity index (χ0n) is 18.5. The van der Waals surface area contributed by atoms with Crippen molar-refractivity contribution < 1.29 is 18.1 Å². The van der Waals surface area contributed by atoms with Crippen LogP contribution in [-0.2, 0) is 16.6 Å². The molecule has 33 heavy (non-hydrogen) atoms. The molecule has 0 saturated heterocycles. The maximum absolute atomic E-state index is 12.6. The molecule has 11 heteroatoms. The first kappa shape index (κ1) is 23.9. The standard InChI is InChI=1S/C22H25N5O5S/c1-15-5-10-20(14-21(15)27(29)30)33(31,32)25-19-8-6-18(7-9-19)22(28)23-11-4-12-26-17(3)13-16(2)24-26/h5-10,13-14,25H,4,11-12H2,1-3H3,(H,23,28). The van der Waals surface area contributed by atoms with Crippen molar-refractivity contribution in [1.82, 2.24) is 15.1 Å². The summed E-state index contributed by atoms with van der Waals surface area (Å²) in [4.78, 5) is 22.6. The first-order chi connectivity index (χ1) is 15.6. The summed E-state index contributed by atoms with van der Waals surface area (Å²) in [5.74, 6) is -0.271. The third-order valence-electron chi connectivity index (χ3n) is 5.02. The number of nitrogens with one attached hydrogen (secondary N) is 2. The number of carbonyl (C=O) groups excluding carboxylic acids is 1. The third-order valence-corrected chi connectivity index (χ3v) is 6.40. The van der Waals surface area contributed by atoms with E-state index >= 15 is 0 Å². The third kappa shape index (κ3) is 5.95. The highest BCUT2D eigenvalue weighted by atomic mass is 32.2. The van der Waals surface area contributed by atoms with Crippen molar-refractivity contribution in [2.75, 3.05) is 11.3 Å². The first-order valence-electron chi connectivity index (χ1n) is 10.2. The summed E-state index contributed by atoms with van der Waals surface area (Å²) < 4.78 is 29.5. The fourth-order valence-electron chi connectivity index (χ4n) is 3.29. The Balaban J connectivity index is 1.58. The summed E-state index contributed by atoms with van der Waals surface area (Å²) in [6.45, 7) is 6.61. The van der Waals surface area contributed by atoms with Crippen molar-refractivity contribution in [2.45, 2.75) is 38.6 Å². The molecule has 0 aliphatic heterocycles. The minimum Gasteiger partial charge on any atom is -0.352 e. The summed E-state index contributed by atoms with van der Waals surface area (Å²) in [5.41, 5.74) is 2.73. The lowest BCUT2D eigenvalue weighted by Crippen LogP contribution is -2.25. The van der Waals surface area contributed by atoms with Gasteiger partial charge in [-0.15, -0.1) is 0 Å². The molecule has 10 nitrogen and oxygen atoms in total. The van der Waals surface area contributed by atoms with Crippen LogP contribution in [0.4, 0.5) is 11.4 Å². The highest BCUT2D eigenvalue weighted by Crippen LogP contribution is 2.24. The number of rotatable bonds is 9. The Morgan fingerprint density at radius 3 is 2.39 bits per heavy atom. The number of anilines is 1. The molecule has 0 unspecified atom stereocenters. The number of amides is 1. The van der Waals surface area contributed by atoms with Gasteiger partial charge in [0.25, 0.3) is 21.6 Å². The molecule has 0 atom stereocenters. The maximum atomic E-state index is 12.6. The van der Waals surface area contributed by atoms with E-state index in [1.54, 1.807) is 0 Å². The van der Waals surface area contributed by atoms with Crippen molar-refractivity contribution in [3.05, 3.63) is 81.2 Å². The molecule has 1 amide bonds. The maximum Gasteiger partial charge on any atom is 0.273 e. The number of hydrogen-bond donors (Lipinski definition) is 2. The van der Waals surface area contributed by atoms with E-state index in [0.717, 1.165) is 17.5 Å². The van der Waals surface area contributed by atoms with Gasteiger partial charge in [-0.1, -0.05) is 6.07 Å². The lowest BCUT2D eigenvalue weighted by molar-refractivity contribution is -0.385. The summed E-state index contributed by atoms with van der Waals surface area (Å²) in [6, 6.07) is 11.6. The van der Waals surface area contributed by atoms with E-state index in [-0.39, 0.29) is 22.2 Å². The normalized spacial score (nSPS) is 11.2. The second kappa shape index (κ2) is 9.82. The van der Waals surface area contributed by atoms with E-state index in [1.807, 2.05) is 24.6 Å². The summed E-state index contributed by atoms with van der Waals surface area (Å²) in [5, 5.41) is 18.3. The molecule has 3 rings (SSSR count). The predicted molar refractivity (Wildman–Crippen MR) is 124 cm³/mol. The van der Waals surface area contributed by atoms with Crippen LogP contribution >= 0.6 is 0 Å². The van der Waals surface area contributed by atoms with Crippen molar-refractivity contribution >= 4 is 27.3 Å². The summed E-state index contributed by atoms with van der Waals surface area (Å²) in [7, 11) is -4.03. The van der Waals surface area contributed by atoms with Gasteiger partial charge >= 0.3 is 0 Å². The van der Waals surface area contributed by atoms with Crippen LogP contribution in [0.2, 0.25) is 0 Å². The van der Waals surface area contributed by atoms with E-state index < -0.39 is 14.9 Å². The zero-order valence-corrected chi connectivity index (χ0v) is 19.3. The molecule has 0 fully saturated rings. The average Bonchev–Trinajstić information content (AvgIpc) is 3.08. The van der Waals surface area contributed by atoms with Crippen LogP contribution in [0.5, 0.6) is 0 Å². The largest absolute Gasteiger partial charge is 0.352 e. The van der Waals surface area contributed by atoms with Crippen LogP contribution in [0.15, 0.2) is 53.4 Å². The predicted octanol–water partition coefficient (Wildman–Crippen LogP) is 3.34. The number of carbonyl (C=O) groups is 1. The monoisotopic (exact) mass is 471 g/mol. The fraction of sp³-hybridized carbons (Fsp3) is 0.273. The quantitative estimate of drug-likeness (QED) is 0.279. The molecule has 3 aromatic rings. The van der Waals surface area contributed by atoms with Gasteiger partial charge in [-0.05, 0) is 63.6 Å². The van der Waals surface area contributed by atoms with Crippen molar-refractivity contribution in [3.8, 4) is 0 Å². The van der Waals surface area contributed by atoms with Gasteiger partial charge in [0.15, 0.2) is 0 Å². The van der Waals surface area contributed by atoms with E-state index in [4.69, 9.17) is 0 Å². The van der Waals surface area contributed by atoms with E-state index in [2.05, 4.69) is 15.1 Å². The van der Waals surface area contributed by atoms with Crippen molar-refractivity contribution in [3.63, 3.8) is 0 Å². The molecule has 1 aromatic heterocycles. The minimum absolute atomic E-state index is 0.218. The second-order valence-electron chi connectivity index (χ2n) is 7.65. The molecule has 1 heterocycles. The second-order valence-corrected chi connectivity index (χ2v) is 9.33. The van der Waals surface area contributed by atoms with E-state index in [0.29, 0.717) is 30.6 Å². The Kier molecular flexibility index (Phi) is 7.12. The van der Waals surface area contributed by atoms with Crippen molar-refractivity contribution in [1.29, 1.82) is 0 Å². The van der Waals surface area contributed by atoms with Gasteiger partial charge in [0.2, 0.25) is 0 Å². The van der Waals surface area contributed by atoms with Crippen molar-refractivity contribution in [2.24, 2.45) is 0 Å². The fourth-order valence-corrected chi connectivity index (χ4v) is 4.37. The van der Waals surface area contributed by atoms with Gasteiger partial charge in [0.05, 0.1) is 15.5 Å². The molecule has 0 saturated carbocycles. The minimum atomic E-state index is -4.03. The molecule has 0 bridgehead atoms. The van der Waals surface area contributed by atoms with E-state index in [1.165, 1.54) is 43.3 Å². The number of hydrogen-bond acceptors (Lipinski definition) is 6. The van der Waals surface area contributed by atoms with Gasteiger partial charge in [-0.25, -0.2) is 8.42 Å². The summed E-state index contributed by atoms with van der Waals surface area (Å²) in [6.07, 6.45) is 0.717. The van der Waals surface area contributed by atoms with Crippen LogP contribution in [0.25, 0.3) is 0 Å². The number of aromatic nitrogens is 2. The number of nitrogens with zero attached hydrogens (tertiary/aromatic N) is 3. The average molecular weight is 472 g/mol. The van der Waals surface area contributed by atoms with Crippen LogP contribution in [0, 0.1) is 30.9 Å². The smallest absolute Gasteiger partial charge is 0.273 e. The van der Waals surface area contributed by atoms with Crippen LogP contribution < -0.4 is 10.0 Å².